The highest BCUT2D eigenvalue weighted by molar-refractivity contribution is 5.97. The Morgan fingerprint density at radius 2 is 1.96 bits per heavy atom. The number of rotatable bonds is 5. The first-order valence-electron chi connectivity index (χ1n) is 8.12. The molecule has 0 fully saturated rings. The Morgan fingerprint density at radius 1 is 1.26 bits per heavy atom. The zero-order valence-corrected chi connectivity index (χ0v) is 14.3. The van der Waals surface area contributed by atoms with Crippen LogP contribution in [0.25, 0.3) is 11.5 Å². The van der Waals surface area contributed by atoms with Crippen molar-refractivity contribution in [3.05, 3.63) is 66.1 Å². The SMILES string of the molecule is CC(O)CNC(=O)c1cnn(-c2cccc(C(F)(F)F)c2)c1-n1cccc1. The summed E-state index contributed by atoms with van der Waals surface area (Å²) in [7, 11) is 0. The van der Waals surface area contributed by atoms with E-state index in [2.05, 4.69) is 10.4 Å². The second-order valence-corrected chi connectivity index (χ2v) is 5.99. The average Bonchev–Trinajstić information content (AvgIpc) is 3.28. The van der Waals surface area contributed by atoms with E-state index < -0.39 is 23.8 Å². The number of nitrogens with zero attached hydrogens (tertiary/aromatic N) is 3. The maximum Gasteiger partial charge on any atom is 0.416 e. The molecule has 2 heterocycles. The normalized spacial score (nSPS) is 12.8. The van der Waals surface area contributed by atoms with Gasteiger partial charge in [-0.05, 0) is 37.3 Å². The molecule has 0 aliphatic rings. The van der Waals surface area contributed by atoms with E-state index in [0.29, 0.717) is 5.82 Å². The highest BCUT2D eigenvalue weighted by atomic mass is 19.4. The zero-order valence-electron chi connectivity index (χ0n) is 14.3. The van der Waals surface area contributed by atoms with Crippen molar-refractivity contribution in [2.24, 2.45) is 0 Å². The van der Waals surface area contributed by atoms with Crippen LogP contribution < -0.4 is 5.32 Å². The van der Waals surface area contributed by atoms with Crippen molar-refractivity contribution in [2.45, 2.75) is 19.2 Å². The molecule has 1 atom stereocenters. The molecule has 1 aromatic carbocycles. The van der Waals surface area contributed by atoms with Crippen molar-refractivity contribution in [3.8, 4) is 11.5 Å². The molecule has 0 radical (unpaired) electrons. The summed E-state index contributed by atoms with van der Waals surface area (Å²) in [6.07, 6.45) is -0.622. The summed E-state index contributed by atoms with van der Waals surface area (Å²) in [4.78, 5) is 12.5. The Hall–Kier alpha value is -3.07. The smallest absolute Gasteiger partial charge is 0.392 e. The summed E-state index contributed by atoms with van der Waals surface area (Å²) in [5.74, 6) is -0.194. The maximum absolute atomic E-state index is 13.0. The summed E-state index contributed by atoms with van der Waals surface area (Å²) < 4.78 is 42.0. The molecule has 9 heteroatoms. The third-order valence-electron chi connectivity index (χ3n) is 3.81. The van der Waals surface area contributed by atoms with Gasteiger partial charge in [0.25, 0.3) is 5.91 Å². The topological polar surface area (TPSA) is 72.1 Å². The van der Waals surface area contributed by atoms with Crippen molar-refractivity contribution in [2.75, 3.05) is 6.54 Å². The van der Waals surface area contributed by atoms with Gasteiger partial charge in [-0.25, -0.2) is 4.68 Å². The van der Waals surface area contributed by atoms with Gasteiger partial charge in [-0.1, -0.05) is 6.07 Å². The molecule has 27 heavy (non-hydrogen) atoms. The minimum absolute atomic E-state index is 0.0404. The number of aromatic nitrogens is 3. The van der Waals surface area contributed by atoms with E-state index in [9.17, 15) is 23.1 Å². The molecule has 0 saturated carbocycles. The predicted molar refractivity (Wildman–Crippen MR) is 91.9 cm³/mol. The highest BCUT2D eigenvalue weighted by Crippen LogP contribution is 2.31. The molecule has 6 nitrogen and oxygen atoms in total. The van der Waals surface area contributed by atoms with Crippen LogP contribution in [0.1, 0.15) is 22.8 Å². The van der Waals surface area contributed by atoms with Crippen LogP contribution >= 0.6 is 0 Å². The average molecular weight is 378 g/mol. The van der Waals surface area contributed by atoms with Crippen LogP contribution in [-0.4, -0.2) is 38.0 Å². The standard InChI is InChI=1S/C18H17F3N4O2/c1-12(26)10-22-16(27)15-11-23-25(17(15)24-7-2-3-8-24)14-6-4-5-13(9-14)18(19,20)21/h2-9,11-12,26H,10H2,1H3,(H,22,27). The first-order chi connectivity index (χ1) is 12.8. The van der Waals surface area contributed by atoms with Gasteiger partial charge in [0.2, 0.25) is 0 Å². The molecule has 3 aromatic rings. The second kappa shape index (κ2) is 7.28. The van der Waals surface area contributed by atoms with E-state index in [1.54, 1.807) is 29.1 Å². The van der Waals surface area contributed by atoms with Crippen LogP contribution in [0, 0.1) is 0 Å². The molecule has 142 valence electrons. The van der Waals surface area contributed by atoms with E-state index in [4.69, 9.17) is 0 Å². The third-order valence-corrected chi connectivity index (χ3v) is 3.81. The molecule has 2 aromatic heterocycles. The Bertz CT molecular complexity index is 930. The van der Waals surface area contributed by atoms with Crippen molar-refractivity contribution in [1.82, 2.24) is 19.7 Å². The lowest BCUT2D eigenvalue weighted by atomic mass is 10.2. The lowest BCUT2D eigenvalue weighted by Crippen LogP contribution is -2.31. The zero-order chi connectivity index (χ0) is 19.6. The molecule has 0 aliphatic heterocycles. The van der Waals surface area contributed by atoms with Crippen LogP contribution in [-0.2, 0) is 6.18 Å². The largest absolute Gasteiger partial charge is 0.416 e. The number of hydrogen-bond acceptors (Lipinski definition) is 3. The Kier molecular flexibility index (Phi) is 5.04. The molecule has 0 spiro atoms. The van der Waals surface area contributed by atoms with Gasteiger partial charge in [-0.2, -0.15) is 18.3 Å². The fraction of sp³-hybridized carbons (Fsp3) is 0.222. The number of aliphatic hydroxyl groups excluding tert-OH is 1. The van der Waals surface area contributed by atoms with Gasteiger partial charge < -0.3 is 15.0 Å². The molecule has 2 N–H and O–H groups in total. The number of hydrogen-bond donors (Lipinski definition) is 2. The van der Waals surface area contributed by atoms with Crippen molar-refractivity contribution >= 4 is 5.91 Å². The summed E-state index contributed by atoms with van der Waals surface area (Å²) >= 11 is 0. The highest BCUT2D eigenvalue weighted by Gasteiger charge is 2.31. The first kappa shape index (κ1) is 18.7. The summed E-state index contributed by atoms with van der Waals surface area (Å²) in [5, 5.41) is 16.0. The Balaban J connectivity index is 2.08. The molecule has 0 aliphatic carbocycles. The van der Waals surface area contributed by atoms with Crippen molar-refractivity contribution in [1.29, 1.82) is 0 Å². The molecule has 0 saturated heterocycles. The molecular formula is C18H17F3N4O2. The van der Waals surface area contributed by atoms with Gasteiger partial charge in [0.1, 0.15) is 5.56 Å². The summed E-state index contributed by atoms with van der Waals surface area (Å²) in [6, 6.07) is 8.15. The fourth-order valence-electron chi connectivity index (χ4n) is 2.56. The molecule has 1 unspecified atom stereocenters. The fourth-order valence-corrected chi connectivity index (χ4v) is 2.56. The molecule has 3 rings (SSSR count). The van der Waals surface area contributed by atoms with Gasteiger partial charge in [0.05, 0.1) is 23.6 Å². The van der Waals surface area contributed by atoms with Crippen LogP contribution in [0.15, 0.2) is 55.0 Å². The third kappa shape index (κ3) is 4.03. The number of carbonyl (C=O) groups excluding carboxylic acids is 1. The summed E-state index contributed by atoms with van der Waals surface area (Å²) in [6.45, 7) is 1.57. The van der Waals surface area contributed by atoms with E-state index in [1.807, 2.05) is 0 Å². The minimum Gasteiger partial charge on any atom is -0.392 e. The minimum atomic E-state index is -4.49. The van der Waals surface area contributed by atoms with Gasteiger partial charge in [0, 0.05) is 18.9 Å². The van der Waals surface area contributed by atoms with Crippen molar-refractivity contribution in [3.63, 3.8) is 0 Å². The number of carbonyl (C=O) groups is 1. The summed E-state index contributed by atoms with van der Waals surface area (Å²) in [5.41, 5.74) is -0.471. The van der Waals surface area contributed by atoms with E-state index in [-0.39, 0.29) is 17.8 Å². The van der Waals surface area contributed by atoms with Gasteiger partial charge in [-0.3, -0.25) is 4.79 Å². The molecule has 0 bridgehead atoms. The van der Waals surface area contributed by atoms with E-state index >= 15 is 0 Å². The molecule has 1 amide bonds. The number of aliphatic hydroxyl groups is 1. The van der Waals surface area contributed by atoms with Crippen LogP contribution in [0.2, 0.25) is 0 Å². The number of amides is 1. The lowest BCUT2D eigenvalue weighted by Gasteiger charge is -2.13. The number of benzene rings is 1. The van der Waals surface area contributed by atoms with Crippen LogP contribution in [0.3, 0.4) is 0 Å². The second-order valence-electron chi connectivity index (χ2n) is 5.99. The number of nitrogens with one attached hydrogen (secondary N) is 1. The van der Waals surface area contributed by atoms with Crippen LogP contribution in [0.5, 0.6) is 0 Å². The van der Waals surface area contributed by atoms with Gasteiger partial charge >= 0.3 is 6.18 Å². The van der Waals surface area contributed by atoms with Crippen molar-refractivity contribution < 1.29 is 23.1 Å². The lowest BCUT2D eigenvalue weighted by molar-refractivity contribution is -0.137. The quantitative estimate of drug-likeness (QED) is 0.717. The maximum atomic E-state index is 13.0. The predicted octanol–water partition coefficient (Wildman–Crippen LogP) is 2.79. The number of alkyl halides is 3. The number of halogens is 3. The first-order valence-corrected chi connectivity index (χ1v) is 8.12. The Morgan fingerprint density at radius 3 is 2.59 bits per heavy atom. The van der Waals surface area contributed by atoms with Gasteiger partial charge in [-0.15, -0.1) is 0 Å². The van der Waals surface area contributed by atoms with E-state index in [1.165, 1.54) is 29.9 Å². The van der Waals surface area contributed by atoms with Gasteiger partial charge in [0.15, 0.2) is 5.82 Å². The Labute approximate surface area is 152 Å². The molecular weight excluding hydrogens is 361 g/mol. The van der Waals surface area contributed by atoms with Crippen LogP contribution in [0.4, 0.5) is 13.2 Å². The monoisotopic (exact) mass is 378 g/mol. The van der Waals surface area contributed by atoms with E-state index in [0.717, 1.165) is 12.1 Å².